The quantitative estimate of drug-likeness (QED) is 0.562. The van der Waals surface area contributed by atoms with E-state index in [2.05, 4.69) is 39.9 Å². The van der Waals surface area contributed by atoms with Crippen molar-refractivity contribution in [2.45, 2.75) is 98.1 Å². The molecule has 0 spiro atoms. The molecule has 0 amide bonds. The van der Waals surface area contributed by atoms with Gasteiger partial charge < -0.3 is 10.1 Å². The normalized spacial score (nSPS) is 27.0. The zero-order chi connectivity index (χ0) is 15.7. The molecule has 2 heteroatoms. The lowest BCUT2D eigenvalue weighted by Crippen LogP contribution is -2.47. The fourth-order valence-electron chi connectivity index (χ4n) is 3.57. The summed E-state index contributed by atoms with van der Waals surface area (Å²) >= 11 is 0. The highest BCUT2D eigenvalue weighted by molar-refractivity contribution is 4.90. The Morgan fingerprint density at radius 2 is 1.81 bits per heavy atom. The third kappa shape index (κ3) is 6.28. The first kappa shape index (κ1) is 19.0. The van der Waals surface area contributed by atoms with Crippen molar-refractivity contribution in [1.82, 2.24) is 5.32 Å². The third-order valence-electron chi connectivity index (χ3n) is 5.60. The molecule has 2 nitrogen and oxygen atoms in total. The van der Waals surface area contributed by atoms with Gasteiger partial charge in [-0.1, -0.05) is 60.3 Å². The van der Waals surface area contributed by atoms with Gasteiger partial charge in [0.25, 0.3) is 0 Å². The zero-order valence-corrected chi connectivity index (χ0v) is 15.2. The lowest BCUT2D eigenvalue weighted by molar-refractivity contribution is -0.0319. The molecule has 0 aromatic carbocycles. The molecule has 1 saturated carbocycles. The molecule has 0 heterocycles. The van der Waals surface area contributed by atoms with E-state index in [4.69, 9.17) is 4.74 Å². The summed E-state index contributed by atoms with van der Waals surface area (Å²) in [6.45, 7) is 13.7. The molecule has 3 unspecified atom stereocenters. The Labute approximate surface area is 133 Å². The Balaban J connectivity index is 2.47. The fraction of sp³-hybridized carbons (Fsp3) is 1.00. The maximum atomic E-state index is 6.30. The highest BCUT2D eigenvalue weighted by Gasteiger charge is 2.37. The van der Waals surface area contributed by atoms with Crippen molar-refractivity contribution >= 4 is 0 Å². The van der Waals surface area contributed by atoms with Gasteiger partial charge in [-0.3, -0.25) is 0 Å². The van der Waals surface area contributed by atoms with Crippen LogP contribution in [0.15, 0.2) is 0 Å². The summed E-state index contributed by atoms with van der Waals surface area (Å²) in [4.78, 5) is 0. The number of hydrogen-bond acceptors (Lipinski definition) is 2. The van der Waals surface area contributed by atoms with Gasteiger partial charge in [0, 0.05) is 12.6 Å². The van der Waals surface area contributed by atoms with E-state index in [-0.39, 0.29) is 0 Å². The molecule has 0 bridgehead atoms. The number of nitrogens with one attached hydrogen (secondary N) is 1. The van der Waals surface area contributed by atoms with E-state index in [1.54, 1.807) is 0 Å². The molecule has 0 radical (unpaired) electrons. The summed E-state index contributed by atoms with van der Waals surface area (Å²) in [5, 5.41) is 3.65. The number of rotatable bonds is 10. The smallest absolute Gasteiger partial charge is 0.0730 e. The van der Waals surface area contributed by atoms with Crippen molar-refractivity contribution in [3.63, 3.8) is 0 Å². The highest BCUT2D eigenvalue weighted by atomic mass is 16.5. The molecule has 126 valence electrons. The molecule has 3 atom stereocenters. The molecule has 0 aliphatic heterocycles. The fourth-order valence-corrected chi connectivity index (χ4v) is 3.57. The first-order valence-electron chi connectivity index (χ1n) is 9.40. The number of unbranched alkanes of at least 4 members (excludes halogenated alkanes) is 3. The minimum absolute atomic E-state index is 0.427. The van der Waals surface area contributed by atoms with E-state index in [9.17, 15) is 0 Å². The van der Waals surface area contributed by atoms with Gasteiger partial charge in [0.2, 0.25) is 0 Å². The second kappa shape index (κ2) is 9.84. The first-order chi connectivity index (χ1) is 10.0. The van der Waals surface area contributed by atoms with Crippen molar-refractivity contribution in [3.05, 3.63) is 0 Å². The largest absolute Gasteiger partial charge is 0.377 e. The van der Waals surface area contributed by atoms with Crippen LogP contribution in [0.3, 0.4) is 0 Å². The second-order valence-electron chi connectivity index (χ2n) is 7.49. The van der Waals surface area contributed by atoms with Crippen molar-refractivity contribution in [3.8, 4) is 0 Å². The number of ether oxygens (including phenoxy) is 1. The third-order valence-corrected chi connectivity index (χ3v) is 5.60. The Kier molecular flexibility index (Phi) is 8.89. The van der Waals surface area contributed by atoms with E-state index in [1.807, 2.05) is 0 Å². The summed E-state index contributed by atoms with van der Waals surface area (Å²) in [6, 6.07) is 0.574. The zero-order valence-electron chi connectivity index (χ0n) is 15.2. The first-order valence-corrected chi connectivity index (χ1v) is 9.40. The van der Waals surface area contributed by atoms with E-state index in [0.717, 1.165) is 19.1 Å². The average molecular weight is 298 g/mol. The van der Waals surface area contributed by atoms with Gasteiger partial charge in [0.1, 0.15) is 0 Å². The van der Waals surface area contributed by atoms with Crippen molar-refractivity contribution in [1.29, 1.82) is 0 Å². The van der Waals surface area contributed by atoms with Gasteiger partial charge in [-0.2, -0.15) is 0 Å². The average Bonchev–Trinajstić information content (AvgIpc) is 2.48. The Morgan fingerprint density at radius 1 is 1.05 bits per heavy atom. The standard InChI is InChI=1S/C19H39NO/c1-6-9-10-11-14-21-18-15-16(19(4,5)7-2)12-13-17(18)20-8-3/h16-18,20H,6-15H2,1-5H3. The van der Waals surface area contributed by atoms with Crippen LogP contribution in [0, 0.1) is 11.3 Å². The van der Waals surface area contributed by atoms with Gasteiger partial charge in [0.05, 0.1) is 6.10 Å². The SMILES string of the molecule is CCCCCCOC1CC(C(C)(C)CC)CCC1NCC. The second-order valence-corrected chi connectivity index (χ2v) is 7.49. The predicted molar refractivity (Wildman–Crippen MR) is 92.8 cm³/mol. The van der Waals surface area contributed by atoms with E-state index < -0.39 is 0 Å². The van der Waals surface area contributed by atoms with E-state index >= 15 is 0 Å². The number of likely N-dealkylation sites (N-methyl/N-ethyl adjacent to an activating group) is 1. The van der Waals surface area contributed by atoms with Gasteiger partial charge in [-0.05, 0) is 43.6 Å². The molecule has 0 saturated heterocycles. The molecule has 0 aromatic heterocycles. The molecular weight excluding hydrogens is 258 g/mol. The van der Waals surface area contributed by atoms with Gasteiger partial charge in [-0.25, -0.2) is 0 Å². The van der Waals surface area contributed by atoms with Gasteiger partial charge in [0.15, 0.2) is 0 Å². The molecular formula is C19H39NO. The molecule has 1 rings (SSSR count). The number of hydrogen-bond donors (Lipinski definition) is 1. The molecule has 1 aliphatic rings. The Hall–Kier alpha value is -0.0800. The van der Waals surface area contributed by atoms with E-state index in [1.165, 1.54) is 51.4 Å². The highest BCUT2D eigenvalue weighted by Crippen LogP contribution is 2.41. The van der Waals surface area contributed by atoms with Crippen LogP contribution in [0.1, 0.15) is 86.0 Å². The van der Waals surface area contributed by atoms with Crippen LogP contribution in [0.25, 0.3) is 0 Å². The molecule has 21 heavy (non-hydrogen) atoms. The van der Waals surface area contributed by atoms with E-state index in [0.29, 0.717) is 17.6 Å². The van der Waals surface area contributed by atoms with Gasteiger partial charge >= 0.3 is 0 Å². The van der Waals surface area contributed by atoms with Crippen molar-refractivity contribution < 1.29 is 4.74 Å². The summed E-state index contributed by atoms with van der Waals surface area (Å²) in [6.07, 6.45) is 10.8. The summed E-state index contributed by atoms with van der Waals surface area (Å²) in [5.74, 6) is 0.818. The minimum Gasteiger partial charge on any atom is -0.377 e. The molecule has 0 aromatic rings. The lowest BCUT2D eigenvalue weighted by atomic mass is 9.68. The monoisotopic (exact) mass is 297 g/mol. The predicted octanol–water partition coefficient (Wildman–Crippen LogP) is 5.17. The van der Waals surface area contributed by atoms with Crippen LogP contribution < -0.4 is 5.32 Å². The minimum atomic E-state index is 0.427. The Morgan fingerprint density at radius 3 is 2.43 bits per heavy atom. The van der Waals surface area contributed by atoms with Crippen LogP contribution in [0.4, 0.5) is 0 Å². The van der Waals surface area contributed by atoms with Gasteiger partial charge in [-0.15, -0.1) is 0 Å². The molecule has 1 N–H and O–H groups in total. The molecule has 1 aliphatic carbocycles. The van der Waals surface area contributed by atoms with Crippen molar-refractivity contribution in [2.75, 3.05) is 13.2 Å². The van der Waals surface area contributed by atoms with Crippen LogP contribution in [0.5, 0.6) is 0 Å². The maximum Gasteiger partial charge on any atom is 0.0730 e. The summed E-state index contributed by atoms with van der Waals surface area (Å²) < 4.78 is 6.30. The van der Waals surface area contributed by atoms with Crippen LogP contribution in [-0.4, -0.2) is 25.3 Å². The van der Waals surface area contributed by atoms with Crippen LogP contribution in [-0.2, 0) is 4.74 Å². The van der Waals surface area contributed by atoms with Crippen LogP contribution >= 0.6 is 0 Å². The van der Waals surface area contributed by atoms with Crippen LogP contribution in [0.2, 0.25) is 0 Å². The van der Waals surface area contributed by atoms with Crippen molar-refractivity contribution in [2.24, 2.45) is 11.3 Å². The maximum absolute atomic E-state index is 6.30. The summed E-state index contributed by atoms with van der Waals surface area (Å²) in [7, 11) is 0. The Bertz CT molecular complexity index is 264. The topological polar surface area (TPSA) is 21.3 Å². The lowest BCUT2D eigenvalue weighted by Gasteiger charge is -2.43. The molecule has 1 fully saturated rings. The summed E-state index contributed by atoms with van der Waals surface area (Å²) in [5.41, 5.74) is 0.459.